The predicted octanol–water partition coefficient (Wildman–Crippen LogP) is 1.07. The molecule has 0 aromatic heterocycles. The van der Waals surface area contributed by atoms with Gasteiger partial charge >= 0.3 is 0 Å². The third-order valence-corrected chi connectivity index (χ3v) is 3.75. The van der Waals surface area contributed by atoms with Crippen molar-refractivity contribution < 1.29 is 4.79 Å². The molecule has 2 rings (SSSR count). The standard InChI is InChI=1S/C12H20N2O/c1-3-8(2)14-12(15)11-10-6-4-5-9(10)7-13-11/h3,8-11,13H,1,4-7H2,2H3,(H,14,15). The molecule has 3 heteroatoms. The first-order valence-corrected chi connectivity index (χ1v) is 5.88. The van der Waals surface area contributed by atoms with Crippen molar-refractivity contribution in [3.8, 4) is 0 Å². The lowest BCUT2D eigenvalue weighted by Gasteiger charge is -2.19. The predicted molar refractivity (Wildman–Crippen MR) is 60.4 cm³/mol. The number of hydrogen-bond donors (Lipinski definition) is 2. The van der Waals surface area contributed by atoms with E-state index >= 15 is 0 Å². The van der Waals surface area contributed by atoms with E-state index in [-0.39, 0.29) is 18.0 Å². The largest absolute Gasteiger partial charge is 0.349 e. The summed E-state index contributed by atoms with van der Waals surface area (Å²) in [6.07, 6.45) is 5.55. The summed E-state index contributed by atoms with van der Waals surface area (Å²) < 4.78 is 0. The number of hydrogen-bond acceptors (Lipinski definition) is 2. The Hall–Kier alpha value is -0.830. The van der Waals surface area contributed by atoms with Gasteiger partial charge in [-0.15, -0.1) is 6.58 Å². The van der Waals surface area contributed by atoms with E-state index in [2.05, 4.69) is 17.2 Å². The maximum atomic E-state index is 11.9. The molecule has 1 aliphatic heterocycles. The number of carbonyl (C=O) groups is 1. The molecule has 2 N–H and O–H groups in total. The van der Waals surface area contributed by atoms with Crippen molar-refractivity contribution >= 4 is 5.91 Å². The Bertz CT molecular complexity index is 264. The molecular weight excluding hydrogens is 188 g/mol. The molecule has 2 aliphatic rings. The molecule has 0 aromatic carbocycles. The summed E-state index contributed by atoms with van der Waals surface area (Å²) in [5.41, 5.74) is 0. The summed E-state index contributed by atoms with van der Waals surface area (Å²) >= 11 is 0. The normalized spacial score (nSPS) is 35.9. The highest BCUT2D eigenvalue weighted by molar-refractivity contribution is 5.83. The Kier molecular flexibility index (Phi) is 3.10. The van der Waals surface area contributed by atoms with Crippen LogP contribution in [0.3, 0.4) is 0 Å². The average molecular weight is 208 g/mol. The van der Waals surface area contributed by atoms with Crippen molar-refractivity contribution in [2.24, 2.45) is 11.8 Å². The van der Waals surface area contributed by atoms with Crippen LogP contribution >= 0.6 is 0 Å². The number of amides is 1. The molecule has 15 heavy (non-hydrogen) atoms. The van der Waals surface area contributed by atoms with Crippen LogP contribution in [0.25, 0.3) is 0 Å². The van der Waals surface area contributed by atoms with E-state index in [1.54, 1.807) is 6.08 Å². The fourth-order valence-electron chi connectivity index (χ4n) is 2.85. The third-order valence-electron chi connectivity index (χ3n) is 3.75. The van der Waals surface area contributed by atoms with E-state index in [9.17, 15) is 4.79 Å². The molecule has 1 amide bonds. The summed E-state index contributed by atoms with van der Waals surface area (Å²) in [4.78, 5) is 11.9. The van der Waals surface area contributed by atoms with Gasteiger partial charge in [0, 0.05) is 6.04 Å². The molecule has 0 bridgehead atoms. The van der Waals surface area contributed by atoms with Crippen molar-refractivity contribution in [1.29, 1.82) is 0 Å². The first-order chi connectivity index (χ1) is 7.22. The van der Waals surface area contributed by atoms with E-state index in [0.29, 0.717) is 5.92 Å². The minimum atomic E-state index is 0.0416. The van der Waals surface area contributed by atoms with Gasteiger partial charge in [-0.3, -0.25) is 4.79 Å². The van der Waals surface area contributed by atoms with Crippen molar-refractivity contribution in [3.63, 3.8) is 0 Å². The summed E-state index contributed by atoms with van der Waals surface area (Å²) in [5, 5.41) is 6.31. The number of rotatable bonds is 3. The molecule has 4 atom stereocenters. The first-order valence-electron chi connectivity index (χ1n) is 5.88. The van der Waals surface area contributed by atoms with Crippen LogP contribution in [0.5, 0.6) is 0 Å². The van der Waals surface area contributed by atoms with Gasteiger partial charge in [-0.05, 0) is 38.1 Å². The summed E-state index contributed by atoms with van der Waals surface area (Å²) in [6.45, 7) is 6.64. The van der Waals surface area contributed by atoms with Gasteiger partial charge < -0.3 is 10.6 Å². The van der Waals surface area contributed by atoms with Gasteiger partial charge in [0.15, 0.2) is 0 Å². The minimum absolute atomic E-state index is 0.0416. The molecular formula is C12H20N2O. The molecule has 2 fully saturated rings. The summed E-state index contributed by atoms with van der Waals surface area (Å²) in [7, 11) is 0. The van der Waals surface area contributed by atoms with E-state index in [1.807, 2.05) is 6.92 Å². The number of fused-ring (bicyclic) bond motifs is 1. The van der Waals surface area contributed by atoms with Crippen LogP contribution in [-0.4, -0.2) is 24.5 Å². The topological polar surface area (TPSA) is 41.1 Å². The van der Waals surface area contributed by atoms with Gasteiger partial charge in [-0.1, -0.05) is 12.5 Å². The fourth-order valence-corrected chi connectivity index (χ4v) is 2.85. The van der Waals surface area contributed by atoms with Gasteiger partial charge in [-0.25, -0.2) is 0 Å². The van der Waals surface area contributed by atoms with E-state index in [0.717, 1.165) is 12.5 Å². The van der Waals surface area contributed by atoms with Crippen molar-refractivity contribution in [3.05, 3.63) is 12.7 Å². The maximum absolute atomic E-state index is 11.9. The quantitative estimate of drug-likeness (QED) is 0.681. The zero-order chi connectivity index (χ0) is 10.8. The lowest BCUT2D eigenvalue weighted by molar-refractivity contribution is -0.124. The van der Waals surface area contributed by atoms with Crippen LogP contribution in [0, 0.1) is 11.8 Å². The smallest absolute Gasteiger partial charge is 0.237 e. The third kappa shape index (κ3) is 2.07. The van der Waals surface area contributed by atoms with Crippen LogP contribution in [0.15, 0.2) is 12.7 Å². The lowest BCUT2D eigenvalue weighted by atomic mass is 9.93. The zero-order valence-corrected chi connectivity index (χ0v) is 9.33. The molecule has 1 saturated carbocycles. The number of carbonyl (C=O) groups excluding carboxylic acids is 1. The lowest BCUT2D eigenvalue weighted by Crippen LogP contribution is -2.46. The average Bonchev–Trinajstić information content (AvgIpc) is 2.77. The summed E-state index contributed by atoms with van der Waals surface area (Å²) in [5.74, 6) is 1.46. The first kappa shape index (κ1) is 10.7. The Labute approximate surface area is 91.3 Å². The molecule has 1 saturated heterocycles. The Balaban J connectivity index is 1.93. The molecule has 84 valence electrons. The Morgan fingerprint density at radius 2 is 2.40 bits per heavy atom. The van der Waals surface area contributed by atoms with E-state index in [4.69, 9.17) is 0 Å². The van der Waals surface area contributed by atoms with E-state index in [1.165, 1.54) is 19.3 Å². The van der Waals surface area contributed by atoms with Gasteiger partial charge in [0.1, 0.15) is 0 Å². The molecule has 4 unspecified atom stereocenters. The van der Waals surface area contributed by atoms with Gasteiger partial charge in [0.05, 0.1) is 6.04 Å². The summed E-state index contributed by atoms with van der Waals surface area (Å²) in [6, 6.07) is 0.111. The van der Waals surface area contributed by atoms with Crippen LogP contribution in [0.2, 0.25) is 0 Å². The monoisotopic (exact) mass is 208 g/mol. The van der Waals surface area contributed by atoms with Gasteiger partial charge in [-0.2, -0.15) is 0 Å². The second-order valence-electron chi connectivity index (χ2n) is 4.77. The SMILES string of the molecule is C=CC(C)NC(=O)C1NCC2CCCC21. The molecule has 1 heterocycles. The van der Waals surface area contributed by atoms with Gasteiger partial charge in [0.25, 0.3) is 0 Å². The molecule has 0 aromatic rings. The number of nitrogens with one attached hydrogen (secondary N) is 2. The van der Waals surface area contributed by atoms with Crippen molar-refractivity contribution in [2.75, 3.05) is 6.54 Å². The van der Waals surface area contributed by atoms with Gasteiger partial charge in [0.2, 0.25) is 5.91 Å². The molecule has 1 aliphatic carbocycles. The highest BCUT2D eigenvalue weighted by atomic mass is 16.2. The van der Waals surface area contributed by atoms with Crippen LogP contribution < -0.4 is 10.6 Å². The second kappa shape index (κ2) is 4.35. The maximum Gasteiger partial charge on any atom is 0.237 e. The Morgan fingerprint density at radius 3 is 3.13 bits per heavy atom. The van der Waals surface area contributed by atoms with Crippen LogP contribution in [0.1, 0.15) is 26.2 Å². The highest BCUT2D eigenvalue weighted by Gasteiger charge is 2.42. The molecule has 3 nitrogen and oxygen atoms in total. The van der Waals surface area contributed by atoms with Crippen molar-refractivity contribution in [1.82, 2.24) is 10.6 Å². The Morgan fingerprint density at radius 1 is 1.60 bits per heavy atom. The minimum Gasteiger partial charge on any atom is -0.349 e. The van der Waals surface area contributed by atoms with E-state index < -0.39 is 0 Å². The molecule has 0 spiro atoms. The molecule has 0 radical (unpaired) electrons. The zero-order valence-electron chi connectivity index (χ0n) is 9.33. The fraction of sp³-hybridized carbons (Fsp3) is 0.750. The van der Waals surface area contributed by atoms with Crippen LogP contribution in [-0.2, 0) is 4.79 Å². The second-order valence-corrected chi connectivity index (χ2v) is 4.77. The van der Waals surface area contributed by atoms with Crippen molar-refractivity contribution in [2.45, 2.75) is 38.3 Å². The van der Waals surface area contributed by atoms with Crippen LogP contribution in [0.4, 0.5) is 0 Å². The highest BCUT2D eigenvalue weighted by Crippen LogP contribution is 2.37.